The molecule has 1 saturated heterocycles. The van der Waals surface area contributed by atoms with Crippen LogP contribution in [0.2, 0.25) is 5.02 Å². The van der Waals surface area contributed by atoms with E-state index in [0.29, 0.717) is 31.0 Å². The van der Waals surface area contributed by atoms with Gasteiger partial charge >= 0.3 is 0 Å². The van der Waals surface area contributed by atoms with Crippen LogP contribution in [0.1, 0.15) is 45.2 Å². The molecule has 2 aromatic carbocycles. The molecular weight excluding hydrogens is 450 g/mol. The summed E-state index contributed by atoms with van der Waals surface area (Å²) in [4.78, 5) is 28.1. The third-order valence-electron chi connectivity index (χ3n) is 6.95. The first-order valence-corrected chi connectivity index (χ1v) is 12.2. The highest BCUT2D eigenvalue weighted by Crippen LogP contribution is 2.46. The maximum Gasteiger partial charge on any atom is 0.245 e. The van der Waals surface area contributed by atoms with Gasteiger partial charge in [0.2, 0.25) is 11.8 Å². The Balaban J connectivity index is 1.70. The van der Waals surface area contributed by atoms with E-state index in [1.54, 1.807) is 17.0 Å². The van der Waals surface area contributed by atoms with Crippen LogP contribution in [-0.4, -0.2) is 47.0 Å². The predicted molar refractivity (Wildman–Crippen MR) is 135 cm³/mol. The number of halogens is 1. The minimum absolute atomic E-state index is 0.111. The Kier molecular flexibility index (Phi) is 8.06. The van der Waals surface area contributed by atoms with Crippen LogP contribution in [0.3, 0.4) is 0 Å². The molecule has 184 valence electrons. The van der Waals surface area contributed by atoms with E-state index in [2.05, 4.69) is 5.32 Å². The Hall–Kier alpha value is -2.41. The molecule has 1 aliphatic rings. The number of likely N-dealkylation sites (tertiary alicyclic amines) is 1. The fraction of sp³-hybridized carbons (Fsp3) is 0.481. The lowest BCUT2D eigenvalue weighted by molar-refractivity contribution is -0.156. The summed E-state index contributed by atoms with van der Waals surface area (Å²) in [6.07, 6.45) is 0.788. The van der Waals surface area contributed by atoms with Crippen molar-refractivity contribution < 1.29 is 14.7 Å². The Bertz CT molecular complexity index is 994. The van der Waals surface area contributed by atoms with Gasteiger partial charge in [0.1, 0.15) is 6.04 Å². The smallest absolute Gasteiger partial charge is 0.245 e. The number of nitrogens with one attached hydrogen (secondary N) is 1. The van der Waals surface area contributed by atoms with Crippen LogP contribution in [0, 0.1) is 11.3 Å². The van der Waals surface area contributed by atoms with Gasteiger partial charge < -0.3 is 21.1 Å². The van der Waals surface area contributed by atoms with Crippen molar-refractivity contribution in [1.29, 1.82) is 0 Å². The number of nitrogens with two attached hydrogens (primary N) is 1. The van der Waals surface area contributed by atoms with Gasteiger partial charge in [-0.3, -0.25) is 9.59 Å². The standard InChI is InChI=1S/C27H36ClN3O3/c1-18(2)23(30-24(32)22(29)16-19-8-6-5-7-9-19)25(33)31-15-14-27(34,26(3,4)17-31)20-10-12-21(28)13-11-20/h5-13,18,22-23,34H,14-17,29H2,1-4H3,(H,30,32)/t22-,23+,27-/m0/s1. The van der Waals surface area contributed by atoms with E-state index < -0.39 is 23.1 Å². The van der Waals surface area contributed by atoms with E-state index >= 15 is 0 Å². The van der Waals surface area contributed by atoms with Gasteiger partial charge in [-0.25, -0.2) is 0 Å². The molecule has 0 unspecified atom stereocenters. The summed E-state index contributed by atoms with van der Waals surface area (Å²) < 4.78 is 0. The van der Waals surface area contributed by atoms with E-state index in [4.69, 9.17) is 17.3 Å². The Morgan fingerprint density at radius 3 is 2.29 bits per heavy atom. The van der Waals surface area contributed by atoms with Crippen molar-refractivity contribution in [2.45, 2.75) is 58.2 Å². The van der Waals surface area contributed by atoms with Crippen LogP contribution >= 0.6 is 11.6 Å². The number of amides is 2. The summed E-state index contributed by atoms with van der Waals surface area (Å²) in [7, 11) is 0. The van der Waals surface area contributed by atoms with E-state index in [1.807, 2.05) is 70.2 Å². The zero-order valence-electron chi connectivity index (χ0n) is 20.4. The average molecular weight is 486 g/mol. The van der Waals surface area contributed by atoms with Crippen LogP contribution in [0.25, 0.3) is 0 Å². The van der Waals surface area contributed by atoms with Crippen molar-refractivity contribution >= 4 is 23.4 Å². The van der Waals surface area contributed by atoms with Gasteiger partial charge in [0.05, 0.1) is 11.6 Å². The Labute approximate surface area is 207 Å². The summed E-state index contributed by atoms with van der Waals surface area (Å²) in [5, 5.41) is 15.1. The number of carbonyl (C=O) groups excluding carboxylic acids is 2. The van der Waals surface area contributed by atoms with Gasteiger partial charge in [0.15, 0.2) is 0 Å². The number of carbonyl (C=O) groups is 2. The molecule has 3 rings (SSSR count). The molecule has 1 aliphatic heterocycles. The lowest BCUT2D eigenvalue weighted by atomic mass is 9.66. The molecule has 0 spiro atoms. The molecule has 1 fully saturated rings. The van der Waals surface area contributed by atoms with Crippen LogP contribution in [0.15, 0.2) is 54.6 Å². The number of hydrogen-bond acceptors (Lipinski definition) is 4. The summed E-state index contributed by atoms with van der Waals surface area (Å²) in [5.41, 5.74) is 6.21. The minimum Gasteiger partial charge on any atom is -0.384 e. The summed E-state index contributed by atoms with van der Waals surface area (Å²) >= 11 is 6.03. The lowest BCUT2D eigenvalue weighted by Gasteiger charge is -2.51. The largest absolute Gasteiger partial charge is 0.384 e. The normalized spacial score (nSPS) is 21.7. The van der Waals surface area contributed by atoms with Gasteiger partial charge in [0.25, 0.3) is 0 Å². The molecule has 2 amide bonds. The highest BCUT2D eigenvalue weighted by Gasteiger charge is 2.50. The maximum absolute atomic E-state index is 13.5. The Morgan fingerprint density at radius 2 is 1.74 bits per heavy atom. The molecule has 0 bridgehead atoms. The second-order valence-electron chi connectivity index (χ2n) is 10.3. The Morgan fingerprint density at radius 1 is 1.12 bits per heavy atom. The summed E-state index contributed by atoms with van der Waals surface area (Å²) in [6, 6.07) is 15.4. The highest BCUT2D eigenvalue weighted by molar-refractivity contribution is 6.30. The summed E-state index contributed by atoms with van der Waals surface area (Å²) in [5.74, 6) is -0.605. The zero-order valence-corrected chi connectivity index (χ0v) is 21.2. The van der Waals surface area contributed by atoms with Crippen molar-refractivity contribution in [3.63, 3.8) is 0 Å². The highest BCUT2D eigenvalue weighted by atomic mass is 35.5. The van der Waals surface area contributed by atoms with E-state index in [9.17, 15) is 14.7 Å². The quantitative estimate of drug-likeness (QED) is 0.559. The molecule has 7 heteroatoms. The molecule has 0 aromatic heterocycles. The van der Waals surface area contributed by atoms with Crippen LogP contribution < -0.4 is 11.1 Å². The third kappa shape index (κ3) is 5.62. The number of aliphatic hydroxyl groups is 1. The van der Waals surface area contributed by atoms with Crippen molar-refractivity contribution in [3.05, 3.63) is 70.7 Å². The summed E-state index contributed by atoms with van der Waals surface area (Å²) in [6.45, 7) is 8.48. The number of nitrogens with zero attached hydrogens (tertiary/aromatic N) is 1. The lowest BCUT2D eigenvalue weighted by Crippen LogP contribution is -2.61. The third-order valence-corrected chi connectivity index (χ3v) is 7.20. The average Bonchev–Trinajstić information content (AvgIpc) is 2.79. The number of benzene rings is 2. The molecule has 34 heavy (non-hydrogen) atoms. The van der Waals surface area contributed by atoms with Crippen molar-refractivity contribution in [2.24, 2.45) is 17.1 Å². The van der Waals surface area contributed by atoms with Crippen LogP contribution in [0.4, 0.5) is 0 Å². The van der Waals surface area contributed by atoms with E-state index in [1.165, 1.54) is 0 Å². The minimum atomic E-state index is -1.09. The van der Waals surface area contributed by atoms with Gasteiger partial charge in [0, 0.05) is 23.5 Å². The zero-order chi connectivity index (χ0) is 25.1. The first-order chi connectivity index (χ1) is 15.9. The first-order valence-electron chi connectivity index (χ1n) is 11.8. The fourth-order valence-corrected chi connectivity index (χ4v) is 4.83. The van der Waals surface area contributed by atoms with Crippen molar-refractivity contribution in [3.8, 4) is 0 Å². The van der Waals surface area contributed by atoms with E-state index in [-0.39, 0.29) is 17.7 Å². The van der Waals surface area contributed by atoms with Crippen LogP contribution in [0.5, 0.6) is 0 Å². The molecule has 4 N–H and O–H groups in total. The molecule has 3 atom stereocenters. The first kappa shape index (κ1) is 26.2. The van der Waals surface area contributed by atoms with Gasteiger partial charge in [-0.15, -0.1) is 0 Å². The molecule has 0 saturated carbocycles. The van der Waals surface area contributed by atoms with Gasteiger partial charge in [-0.1, -0.05) is 81.8 Å². The molecule has 6 nitrogen and oxygen atoms in total. The topological polar surface area (TPSA) is 95.7 Å². The van der Waals surface area contributed by atoms with Gasteiger partial charge in [-0.2, -0.15) is 0 Å². The van der Waals surface area contributed by atoms with Crippen molar-refractivity contribution in [1.82, 2.24) is 10.2 Å². The fourth-order valence-electron chi connectivity index (χ4n) is 4.70. The maximum atomic E-state index is 13.5. The molecule has 1 heterocycles. The van der Waals surface area contributed by atoms with Crippen LogP contribution in [-0.2, 0) is 21.6 Å². The molecule has 0 aliphatic carbocycles. The molecule has 2 aromatic rings. The van der Waals surface area contributed by atoms with Gasteiger partial charge in [-0.05, 0) is 42.0 Å². The predicted octanol–water partition coefficient (Wildman–Crippen LogP) is 3.50. The monoisotopic (exact) mass is 485 g/mol. The van der Waals surface area contributed by atoms with Crippen molar-refractivity contribution in [2.75, 3.05) is 13.1 Å². The molecule has 0 radical (unpaired) electrons. The number of rotatable bonds is 7. The molecular formula is C27H36ClN3O3. The van der Waals surface area contributed by atoms with E-state index in [0.717, 1.165) is 11.1 Å². The number of piperidine rings is 1. The second-order valence-corrected chi connectivity index (χ2v) is 10.7. The second kappa shape index (κ2) is 10.5. The SMILES string of the molecule is CC(C)[C@@H](NC(=O)[C@@H](N)Cc1ccccc1)C(=O)N1CC[C@](O)(c2ccc(Cl)cc2)C(C)(C)C1. The number of hydrogen-bond donors (Lipinski definition) is 3.